The molecule has 9 heteroatoms. The van der Waals surface area contributed by atoms with Gasteiger partial charge in [-0.25, -0.2) is 4.99 Å². The van der Waals surface area contributed by atoms with Gasteiger partial charge >= 0.3 is 0 Å². The maximum Gasteiger partial charge on any atom is 0.222 e. The minimum absolute atomic E-state index is 0.190. The number of amidine groups is 1. The topological polar surface area (TPSA) is 145 Å². The summed E-state index contributed by atoms with van der Waals surface area (Å²) >= 11 is 0. The van der Waals surface area contributed by atoms with Gasteiger partial charge in [0, 0.05) is 62.0 Å². The first-order chi connectivity index (χ1) is 16.4. The molecular weight excluding hydrogens is 428 g/mol. The van der Waals surface area contributed by atoms with Crippen molar-refractivity contribution in [1.29, 1.82) is 5.41 Å². The van der Waals surface area contributed by atoms with Crippen LogP contribution >= 0.6 is 0 Å². The molecule has 7 N–H and O–H groups in total. The van der Waals surface area contributed by atoms with Crippen LogP contribution in [0.5, 0.6) is 0 Å². The van der Waals surface area contributed by atoms with E-state index in [4.69, 9.17) is 16.9 Å². The van der Waals surface area contributed by atoms with Gasteiger partial charge in [0.25, 0.3) is 0 Å². The number of nitrogens with one attached hydrogen (secondary N) is 3. The number of allylic oxidation sites excluding steroid dienone is 6. The van der Waals surface area contributed by atoms with Crippen LogP contribution in [0.2, 0.25) is 0 Å². The van der Waals surface area contributed by atoms with Crippen molar-refractivity contribution in [1.82, 2.24) is 15.5 Å². The van der Waals surface area contributed by atoms with E-state index in [1.165, 1.54) is 12.4 Å². The van der Waals surface area contributed by atoms with E-state index in [0.717, 1.165) is 54.0 Å². The minimum atomic E-state index is 0.190. The maximum atomic E-state index is 11.7. The van der Waals surface area contributed by atoms with Crippen LogP contribution in [0.25, 0.3) is 0 Å². The van der Waals surface area contributed by atoms with Crippen LogP contribution in [-0.2, 0) is 4.79 Å². The van der Waals surface area contributed by atoms with Crippen LogP contribution in [0.1, 0.15) is 33.1 Å². The molecule has 1 saturated heterocycles. The summed E-state index contributed by atoms with van der Waals surface area (Å²) in [5, 5.41) is 14.0. The van der Waals surface area contributed by atoms with Gasteiger partial charge in [-0.2, -0.15) is 0 Å². The molecule has 0 radical (unpaired) electrons. The summed E-state index contributed by atoms with van der Waals surface area (Å²) in [4.78, 5) is 22.5. The number of nitrogens with two attached hydrogens (primary N) is 2. The number of rotatable bonds is 10. The molecule has 0 atom stereocenters. The van der Waals surface area contributed by atoms with Crippen molar-refractivity contribution >= 4 is 24.2 Å². The highest BCUT2D eigenvalue weighted by atomic mass is 16.2. The molecule has 0 aromatic heterocycles. The predicted molar refractivity (Wildman–Crippen MR) is 138 cm³/mol. The van der Waals surface area contributed by atoms with E-state index in [0.29, 0.717) is 24.6 Å². The van der Waals surface area contributed by atoms with Crippen LogP contribution in [0.4, 0.5) is 0 Å². The number of hydrogen-bond donors (Lipinski definition) is 5. The van der Waals surface area contributed by atoms with Crippen molar-refractivity contribution in [2.45, 2.75) is 33.1 Å². The number of likely N-dealkylation sites (tertiary alicyclic amines) is 1. The molecule has 0 saturated carbocycles. The largest absolute Gasteiger partial charge is 0.404 e. The lowest BCUT2D eigenvalue weighted by Gasteiger charge is -2.23. The quantitative estimate of drug-likeness (QED) is 0.192. The van der Waals surface area contributed by atoms with Gasteiger partial charge in [-0.15, -0.1) is 0 Å². The number of hydrogen-bond acceptors (Lipinski definition) is 7. The highest BCUT2D eigenvalue weighted by Crippen LogP contribution is 2.22. The Labute approximate surface area is 201 Å². The van der Waals surface area contributed by atoms with Crippen molar-refractivity contribution in [3.05, 3.63) is 70.6 Å². The first-order valence-electron chi connectivity index (χ1n) is 11.5. The van der Waals surface area contributed by atoms with Crippen molar-refractivity contribution < 1.29 is 4.79 Å². The molecule has 180 valence electrons. The van der Waals surface area contributed by atoms with E-state index in [2.05, 4.69) is 20.6 Å². The molecule has 1 amide bonds. The summed E-state index contributed by atoms with van der Waals surface area (Å²) in [6.45, 7) is 6.24. The second-order valence-electron chi connectivity index (χ2n) is 8.53. The van der Waals surface area contributed by atoms with E-state index < -0.39 is 0 Å². The van der Waals surface area contributed by atoms with E-state index in [9.17, 15) is 4.79 Å². The van der Waals surface area contributed by atoms with E-state index in [1.807, 2.05) is 43.2 Å². The van der Waals surface area contributed by atoms with Crippen LogP contribution < -0.4 is 22.1 Å². The standard InChI is InChI=1S/C25H34N8O/c1-17(2)18(13-26)12-23(28)32-24-7-6-21-22(31-24)11-19(16-30-21)20(14-27)15-29-8-4-10-33-9-3-5-25(33)34/h6-7,11-17,26,30-31H,3-5,8-10,27H2,1-2H3,(H2,28,32). The number of fused-ring (bicyclic) bond motifs is 1. The van der Waals surface area contributed by atoms with E-state index >= 15 is 0 Å². The lowest BCUT2D eigenvalue weighted by Crippen LogP contribution is -2.27. The first-order valence-corrected chi connectivity index (χ1v) is 11.5. The van der Waals surface area contributed by atoms with Gasteiger partial charge in [-0.3, -0.25) is 9.79 Å². The second kappa shape index (κ2) is 11.8. The molecule has 0 aromatic rings. The van der Waals surface area contributed by atoms with Crippen LogP contribution in [-0.4, -0.2) is 48.7 Å². The molecular formula is C25H34N8O. The fourth-order valence-electron chi connectivity index (χ4n) is 3.71. The maximum absolute atomic E-state index is 11.7. The van der Waals surface area contributed by atoms with Crippen molar-refractivity contribution in [2.75, 3.05) is 19.6 Å². The summed E-state index contributed by atoms with van der Waals surface area (Å²) < 4.78 is 0. The Morgan fingerprint density at radius 2 is 2.15 bits per heavy atom. The number of aliphatic imine (C=N–C) groups is 2. The summed E-state index contributed by atoms with van der Waals surface area (Å²) in [6, 6.07) is 0. The molecule has 0 aromatic carbocycles. The lowest BCUT2D eigenvalue weighted by atomic mass is 10.0. The zero-order valence-electron chi connectivity index (χ0n) is 19.8. The normalized spacial score (nSPS) is 19.3. The molecule has 3 heterocycles. The third-order valence-corrected chi connectivity index (χ3v) is 5.67. The molecule has 3 aliphatic heterocycles. The van der Waals surface area contributed by atoms with Gasteiger partial charge in [0.15, 0.2) is 0 Å². The molecule has 0 spiro atoms. The third kappa shape index (κ3) is 6.57. The number of nitrogens with zero attached hydrogens (tertiary/aromatic N) is 3. The summed E-state index contributed by atoms with van der Waals surface area (Å²) in [7, 11) is 0. The van der Waals surface area contributed by atoms with Crippen molar-refractivity contribution in [3.63, 3.8) is 0 Å². The zero-order valence-corrected chi connectivity index (χ0v) is 19.8. The van der Waals surface area contributed by atoms with Crippen LogP contribution in [0.3, 0.4) is 0 Å². The summed E-state index contributed by atoms with van der Waals surface area (Å²) in [5.74, 6) is 1.36. The van der Waals surface area contributed by atoms with Gasteiger partial charge < -0.3 is 32.4 Å². The Hall–Kier alpha value is -3.88. The highest BCUT2D eigenvalue weighted by Gasteiger charge is 2.19. The molecule has 0 aliphatic carbocycles. The predicted octanol–water partition coefficient (Wildman–Crippen LogP) is 2.20. The van der Waals surface area contributed by atoms with Crippen LogP contribution in [0, 0.1) is 11.3 Å². The average molecular weight is 463 g/mol. The Kier molecular flexibility index (Phi) is 8.61. The van der Waals surface area contributed by atoms with Crippen molar-refractivity contribution in [2.24, 2.45) is 27.4 Å². The molecule has 9 nitrogen and oxygen atoms in total. The monoisotopic (exact) mass is 462 g/mol. The minimum Gasteiger partial charge on any atom is -0.404 e. The molecule has 3 rings (SSSR count). The fourth-order valence-corrected chi connectivity index (χ4v) is 3.71. The third-order valence-electron chi connectivity index (χ3n) is 5.67. The number of dihydropyridines is 2. The molecule has 34 heavy (non-hydrogen) atoms. The van der Waals surface area contributed by atoms with Gasteiger partial charge in [0.05, 0.1) is 11.4 Å². The summed E-state index contributed by atoms with van der Waals surface area (Å²) in [5.41, 5.74) is 16.2. The molecule has 0 bridgehead atoms. The number of carbonyl (C=O) groups is 1. The molecule has 0 unspecified atom stereocenters. The number of carbonyl (C=O) groups excluding carboxylic acids is 1. The van der Waals surface area contributed by atoms with Gasteiger partial charge in [0.2, 0.25) is 5.91 Å². The van der Waals surface area contributed by atoms with Gasteiger partial charge in [-0.1, -0.05) is 13.8 Å². The molecule has 3 aliphatic rings. The molecule has 1 fully saturated rings. The zero-order chi connectivity index (χ0) is 24.5. The SMILES string of the molecule is CC(C)C(C=N)=CC(N)=NC1=CC=C2NC=C(C(C=NCCCN3CCCC3=O)=CN)C=C2N1. The highest BCUT2D eigenvalue weighted by molar-refractivity contribution is 5.97. The Morgan fingerprint density at radius 3 is 2.82 bits per heavy atom. The van der Waals surface area contributed by atoms with E-state index in [-0.39, 0.29) is 11.8 Å². The van der Waals surface area contributed by atoms with Gasteiger partial charge in [0.1, 0.15) is 11.7 Å². The van der Waals surface area contributed by atoms with E-state index in [1.54, 1.807) is 12.3 Å². The lowest BCUT2D eigenvalue weighted by molar-refractivity contribution is -0.127. The summed E-state index contributed by atoms with van der Waals surface area (Å²) in [6.07, 6.45) is 16.4. The Bertz CT molecular complexity index is 1050. The number of amides is 1. The fraction of sp³-hybridized carbons (Fsp3) is 0.360. The first kappa shape index (κ1) is 24.8. The van der Waals surface area contributed by atoms with Crippen LogP contribution in [0.15, 0.2) is 80.6 Å². The second-order valence-corrected chi connectivity index (χ2v) is 8.53. The Morgan fingerprint density at radius 1 is 1.32 bits per heavy atom. The van der Waals surface area contributed by atoms with Crippen molar-refractivity contribution in [3.8, 4) is 0 Å². The smallest absolute Gasteiger partial charge is 0.222 e. The Balaban J connectivity index is 1.61. The average Bonchev–Trinajstić information content (AvgIpc) is 3.23. The van der Waals surface area contributed by atoms with Gasteiger partial charge in [-0.05, 0) is 48.6 Å².